The van der Waals surface area contributed by atoms with Crippen LogP contribution in [0.2, 0.25) is 0 Å². The van der Waals surface area contributed by atoms with Crippen molar-refractivity contribution in [2.45, 2.75) is 18.9 Å². The molecule has 0 heterocycles. The molecule has 0 amide bonds. The van der Waals surface area contributed by atoms with E-state index in [1.54, 1.807) is 12.1 Å². The van der Waals surface area contributed by atoms with Gasteiger partial charge < -0.3 is 10.4 Å². The van der Waals surface area contributed by atoms with Gasteiger partial charge in [-0.15, -0.1) is 0 Å². The minimum absolute atomic E-state index is 0.0555. The Bertz CT molecular complexity index is 435. The number of hydrogen-bond donors (Lipinski definition) is 2. The Morgan fingerprint density at radius 1 is 1.59 bits per heavy atom. The van der Waals surface area contributed by atoms with E-state index in [0.29, 0.717) is 18.2 Å². The number of halogens is 1. The van der Waals surface area contributed by atoms with E-state index >= 15 is 0 Å². The van der Waals surface area contributed by atoms with Crippen LogP contribution >= 0.6 is 22.6 Å². The molecule has 1 aliphatic rings. The lowest BCUT2D eigenvalue weighted by atomic mass is 10.2. The van der Waals surface area contributed by atoms with Crippen molar-refractivity contribution in [3.63, 3.8) is 0 Å². The first kappa shape index (κ1) is 12.6. The molecular formula is C11H13IN2O3. The largest absolute Gasteiger partial charge is 0.391 e. The fraction of sp³-hybridized carbons (Fsp3) is 0.455. The van der Waals surface area contributed by atoms with E-state index in [1.165, 1.54) is 6.07 Å². The number of rotatable bonds is 5. The Morgan fingerprint density at radius 2 is 2.29 bits per heavy atom. The van der Waals surface area contributed by atoms with Crippen molar-refractivity contribution in [3.8, 4) is 0 Å². The molecule has 1 aliphatic carbocycles. The van der Waals surface area contributed by atoms with E-state index in [0.717, 1.165) is 16.4 Å². The van der Waals surface area contributed by atoms with Crippen LogP contribution in [-0.4, -0.2) is 22.7 Å². The van der Waals surface area contributed by atoms with Gasteiger partial charge in [0.05, 0.1) is 11.0 Å². The van der Waals surface area contributed by atoms with Crippen LogP contribution in [0.25, 0.3) is 0 Å². The second-order valence-corrected chi connectivity index (χ2v) is 5.45. The summed E-state index contributed by atoms with van der Waals surface area (Å²) in [5, 5.41) is 23.5. The smallest absolute Gasteiger partial charge is 0.293 e. The van der Waals surface area contributed by atoms with E-state index in [4.69, 9.17) is 0 Å². The minimum atomic E-state index is -0.409. The van der Waals surface area contributed by atoms with E-state index in [1.807, 2.05) is 22.6 Å². The lowest BCUT2D eigenvalue weighted by Crippen LogP contribution is -2.21. The van der Waals surface area contributed by atoms with E-state index in [-0.39, 0.29) is 5.69 Å². The Kier molecular flexibility index (Phi) is 3.82. The van der Waals surface area contributed by atoms with Gasteiger partial charge in [-0.3, -0.25) is 10.1 Å². The molecule has 1 aromatic carbocycles. The quantitative estimate of drug-likeness (QED) is 0.487. The summed E-state index contributed by atoms with van der Waals surface area (Å²) in [6.45, 7) is 0.367. The highest BCUT2D eigenvalue weighted by atomic mass is 127. The van der Waals surface area contributed by atoms with Gasteiger partial charge in [-0.2, -0.15) is 0 Å². The normalized spacial score (nSPS) is 16.6. The van der Waals surface area contributed by atoms with Crippen molar-refractivity contribution in [3.05, 3.63) is 31.9 Å². The maximum absolute atomic E-state index is 10.9. The van der Waals surface area contributed by atoms with Crippen molar-refractivity contribution in [2.75, 3.05) is 11.9 Å². The molecule has 2 N–H and O–H groups in total. The molecule has 17 heavy (non-hydrogen) atoms. The number of aliphatic hydroxyl groups is 1. The second kappa shape index (κ2) is 5.18. The highest BCUT2D eigenvalue weighted by Crippen LogP contribution is 2.33. The van der Waals surface area contributed by atoms with Crippen LogP contribution in [0.15, 0.2) is 18.2 Å². The fourth-order valence-corrected chi connectivity index (χ4v) is 2.14. The molecule has 2 rings (SSSR count). The van der Waals surface area contributed by atoms with Crippen molar-refractivity contribution >= 4 is 34.0 Å². The molecule has 5 nitrogen and oxygen atoms in total. The average Bonchev–Trinajstić information content (AvgIpc) is 3.10. The van der Waals surface area contributed by atoms with Crippen LogP contribution in [-0.2, 0) is 0 Å². The first-order chi connectivity index (χ1) is 8.08. The zero-order valence-corrected chi connectivity index (χ0v) is 11.3. The number of nitro benzene ring substituents is 1. The second-order valence-electron chi connectivity index (χ2n) is 4.20. The third-order valence-electron chi connectivity index (χ3n) is 2.82. The molecule has 0 bridgehead atoms. The van der Waals surface area contributed by atoms with Gasteiger partial charge in [-0.25, -0.2) is 0 Å². The van der Waals surface area contributed by atoms with Gasteiger partial charge in [0.25, 0.3) is 5.69 Å². The summed E-state index contributed by atoms with van der Waals surface area (Å²) in [5.41, 5.74) is 0.523. The monoisotopic (exact) mass is 348 g/mol. The highest BCUT2D eigenvalue weighted by molar-refractivity contribution is 14.1. The van der Waals surface area contributed by atoms with Crippen LogP contribution in [0, 0.1) is 19.6 Å². The molecule has 1 unspecified atom stereocenters. The molecule has 1 fully saturated rings. The number of hydrogen-bond acceptors (Lipinski definition) is 4. The Hall–Kier alpha value is -0.890. The van der Waals surface area contributed by atoms with Crippen LogP contribution in [0.4, 0.5) is 11.4 Å². The van der Waals surface area contributed by atoms with Gasteiger partial charge in [-0.1, -0.05) is 0 Å². The van der Waals surface area contributed by atoms with E-state index < -0.39 is 11.0 Å². The molecule has 0 saturated heterocycles. The first-order valence-electron chi connectivity index (χ1n) is 5.44. The maximum Gasteiger partial charge on any atom is 0.293 e. The standard InChI is InChI=1S/C11H13IN2O3/c12-8-3-4-9(10(5-8)14(16)17)13-6-11(15)7-1-2-7/h3-5,7,11,13,15H,1-2,6H2. The van der Waals surface area contributed by atoms with Crippen LogP contribution in [0.1, 0.15) is 12.8 Å². The lowest BCUT2D eigenvalue weighted by Gasteiger charge is -2.12. The average molecular weight is 348 g/mol. The Balaban J connectivity index is 2.06. The zero-order valence-electron chi connectivity index (χ0n) is 9.10. The topological polar surface area (TPSA) is 75.4 Å². The third kappa shape index (κ3) is 3.29. The molecular weight excluding hydrogens is 335 g/mol. The number of nitro groups is 1. The number of anilines is 1. The first-order valence-corrected chi connectivity index (χ1v) is 6.51. The Morgan fingerprint density at radius 3 is 2.88 bits per heavy atom. The molecule has 0 spiro atoms. The van der Waals surface area contributed by atoms with Gasteiger partial charge in [-0.05, 0) is 53.5 Å². The predicted octanol–water partition coefficient (Wildman–Crippen LogP) is 2.38. The summed E-state index contributed by atoms with van der Waals surface area (Å²) in [6.07, 6.45) is 1.70. The van der Waals surface area contributed by atoms with E-state index in [2.05, 4.69) is 5.32 Å². The summed E-state index contributed by atoms with van der Waals surface area (Å²) in [7, 11) is 0. The summed E-state index contributed by atoms with van der Waals surface area (Å²) in [5.74, 6) is 0.366. The molecule has 0 aromatic heterocycles. The lowest BCUT2D eigenvalue weighted by molar-refractivity contribution is -0.384. The number of nitrogens with one attached hydrogen (secondary N) is 1. The summed E-state index contributed by atoms with van der Waals surface area (Å²) in [6, 6.07) is 5.01. The van der Waals surface area contributed by atoms with Gasteiger partial charge in [0.1, 0.15) is 5.69 Å². The molecule has 1 aromatic rings. The van der Waals surface area contributed by atoms with Crippen LogP contribution in [0.3, 0.4) is 0 Å². The van der Waals surface area contributed by atoms with Crippen LogP contribution in [0.5, 0.6) is 0 Å². The van der Waals surface area contributed by atoms with Crippen molar-refractivity contribution in [2.24, 2.45) is 5.92 Å². The SMILES string of the molecule is O=[N+]([O-])c1cc(I)ccc1NCC(O)C1CC1. The van der Waals surface area contributed by atoms with Gasteiger partial charge in [0, 0.05) is 16.2 Å². The number of aliphatic hydroxyl groups excluding tert-OH is 1. The number of benzene rings is 1. The van der Waals surface area contributed by atoms with Gasteiger partial charge in [0.2, 0.25) is 0 Å². The Labute approximate surface area is 113 Å². The van der Waals surface area contributed by atoms with Crippen LogP contribution < -0.4 is 5.32 Å². The molecule has 92 valence electrons. The summed E-state index contributed by atoms with van der Waals surface area (Å²) >= 11 is 2.04. The third-order valence-corrected chi connectivity index (χ3v) is 3.50. The number of nitrogens with zero attached hydrogens (tertiary/aromatic N) is 1. The van der Waals surface area contributed by atoms with Crippen molar-refractivity contribution in [1.29, 1.82) is 0 Å². The summed E-state index contributed by atoms with van der Waals surface area (Å²) in [4.78, 5) is 10.5. The minimum Gasteiger partial charge on any atom is -0.391 e. The van der Waals surface area contributed by atoms with Crippen molar-refractivity contribution in [1.82, 2.24) is 0 Å². The maximum atomic E-state index is 10.9. The van der Waals surface area contributed by atoms with Gasteiger partial charge >= 0.3 is 0 Å². The fourth-order valence-electron chi connectivity index (χ4n) is 1.67. The molecule has 0 aliphatic heterocycles. The highest BCUT2D eigenvalue weighted by Gasteiger charge is 2.29. The molecule has 1 saturated carbocycles. The van der Waals surface area contributed by atoms with Crippen molar-refractivity contribution < 1.29 is 10.0 Å². The van der Waals surface area contributed by atoms with Gasteiger partial charge in [0.15, 0.2) is 0 Å². The molecule has 6 heteroatoms. The summed E-state index contributed by atoms with van der Waals surface area (Å²) < 4.78 is 0.822. The predicted molar refractivity (Wildman–Crippen MR) is 73.0 cm³/mol. The molecule has 0 radical (unpaired) electrons. The molecule has 1 atom stereocenters. The van der Waals surface area contributed by atoms with E-state index in [9.17, 15) is 15.2 Å². The zero-order chi connectivity index (χ0) is 12.4.